The van der Waals surface area contributed by atoms with E-state index in [9.17, 15) is 0 Å². The lowest BCUT2D eigenvalue weighted by atomic mass is 9.91. The molecule has 0 unspecified atom stereocenters. The number of hydrogen-bond donors (Lipinski definition) is 1. The summed E-state index contributed by atoms with van der Waals surface area (Å²) in [6.07, 6.45) is 6.41. The molecule has 0 saturated heterocycles. The fraction of sp³-hybridized carbons (Fsp3) is 0.214. The molecule has 0 fully saturated rings. The van der Waals surface area contributed by atoms with E-state index in [0.717, 1.165) is 12.8 Å². The molecular formula is C14H14N2. The number of aromatic nitrogens is 2. The van der Waals surface area contributed by atoms with Crippen molar-refractivity contribution in [2.45, 2.75) is 19.8 Å². The summed E-state index contributed by atoms with van der Waals surface area (Å²) in [5.74, 6) is 0. The van der Waals surface area contributed by atoms with Gasteiger partial charge in [0.05, 0.1) is 6.20 Å². The number of aromatic amines is 1. The summed E-state index contributed by atoms with van der Waals surface area (Å²) in [7, 11) is 0. The molecule has 0 amide bonds. The van der Waals surface area contributed by atoms with Crippen LogP contribution < -0.4 is 0 Å². The largest absolute Gasteiger partial charge is 0.282 e. The van der Waals surface area contributed by atoms with Crippen LogP contribution in [0.5, 0.6) is 0 Å². The Hall–Kier alpha value is -1.83. The predicted molar refractivity (Wildman–Crippen MR) is 65.2 cm³/mol. The van der Waals surface area contributed by atoms with Gasteiger partial charge in [-0.25, -0.2) is 0 Å². The van der Waals surface area contributed by atoms with Gasteiger partial charge in [-0.05, 0) is 30.9 Å². The Bertz CT molecular complexity index is 532. The summed E-state index contributed by atoms with van der Waals surface area (Å²) in [5, 5.41) is 7.21. The van der Waals surface area contributed by atoms with Crippen molar-refractivity contribution in [1.29, 1.82) is 0 Å². The molecule has 1 aromatic heterocycles. The van der Waals surface area contributed by atoms with E-state index in [0.29, 0.717) is 0 Å². The van der Waals surface area contributed by atoms with Crippen molar-refractivity contribution in [1.82, 2.24) is 10.2 Å². The van der Waals surface area contributed by atoms with Crippen LogP contribution in [0.4, 0.5) is 0 Å². The summed E-state index contributed by atoms with van der Waals surface area (Å²) in [4.78, 5) is 0. The van der Waals surface area contributed by atoms with Crippen LogP contribution in [0.2, 0.25) is 0 Å². The molecular weight excluding hydrogens is 196 g/mol. The molecule has 1 heterocycles. The number of hydrogen-bond acceptors (Lipinski definition) is 1. The number of allylic oxidation sites excluding steroid dienone is 1. The lowest BCUT2D eigenvalue weighted by Crippen LogP contribution is -1.98. The zero-order valence-electron chi connectivity index (χ0n) is 9.33. The molecule has 0 aliphatic heterocycles. The average molecular weight is 210 g/mol. The molecule has 3 rings (SSSR count). The van der Waals surface area contributed by atoms with E-state index in [1.54, 1.807) is 0 Å². The summed E-state index contributed by atoms with van der Waals surface area (Å²) in [6, 6.07) is 8.68. The first-order chi connectivity index (χ1) is 7.84. The van der Waals surface area contributed by atoms with Gasteiger partial charge in [0.15, 0.2) is 0 Å². The van der Waals surface area contributed by atoms with Crippen LogP contribution in [0.1, 0.15) is 28.8 Å². The van der Waals surface area contributed by atoms with Crippen molar-refractivity contribution in [3.05, 3.63) is 58.9 Å². The smallest absolute Gasteiger partial charge is 0.0568 e. The lowest BCUT2D eigenvalue weighted by molar-refractivity contribution is 0.903. The van der Waals surface area contributed by atoms with E-state index in [4.69, 9.17) is 0 Å². The van der Waals surface area contributed by atoms with Gasteiger partial charge in [0.25, 0.3) is 0 Å². The third-order valence-electron chi connectivity index (χ3n) is 3.11. The second-order valence-corrected chi connectivity index (χ2v) is 4.28. The highest BCUT2D eigenvalue weighted by atomic mass is 15.1. The molecule has 16 heavy (non-hydrogen) atoms. The van der Waals surface area contributed by atoms with Gasteiger partial charge in [0, 0.05) is 11.3 Å². The third kappa shape index (κ3) is 1.47. The van der Waals surface area contributed by atoms with E-state index in [1.165, 1.54) is 28.0 Å². The molecule has 2 heteroatoms. The monoisotopic (exact) mass is 210 g/mol. The third-order valence-corrected chi connectivity index (χ3v) is 3.11. The SMILES string of the molecule is Cc1ccc(C2=CCCc3[nH]ncc32)cc1. The molecule has 1 N–H and O–H groups in total. The Kier molecular flexibility index (Phi) is 2.13. The van der Waals surface area contributed by atoms with Crippen molar-refractivity contribution in [3.8, 4) is 0 Å². The van der Waals surface area contributed by atoms with Crippen molar-refractivity contribution < 1.29 is 0 Å². The van der Waals surface area contributed by atoms with Crippen LogP contribution >= 0.6 is 0 Å². The van der Waals surface area contributed by atoms with Crippen molar-refractivity contribution in [2.24, 2.45) is 0 Å². The number of aryl methyl sites for hydroxylation is 2. The lowest BCUT2D eigenvalue weighted by Gasteiger charge is -2.13. The number of fused-ring (bicyclic) bond motifs is 1. The number of benzene rings is 1. The van der Waals surface area contributed by atoms with Gasteiger partial charge < -0.3 is 0 Å². The molecule has 1 aliphatic carbocycles. The number of nitrogens with one attached hydrogen (secondary N) is 1. The van der Waals surface area contributed by atoms with Gasteiger partial charge >= 0.3 is 0 Å². The molecule has 2 aromatic rings. The van der Waals surface area contributed by atoms with E-state index in [2.05, 4.69) is 47.5 Å². The van der Waals surface area contributed by atoms with Crippen molar-refractivity contribution >= 4 is 5.57 Å². The van der Waals surface area contributed by atoms with Crippen LogP contribution in [0.15, 0.2) is 36.5 Å². The molecule has 0 radical (unpaired) electrons. The first-order valence-corrected chi connectivity index (χ1v) is 5.64. The Balaban J connectivity index is 2.08. The van der Waals surface area contributed by atoms with E-state index in [1.807, 2.05) is 6.20 Å². The maximum Gasteiger partial charge on any atom is 0.0568 e. The highest BCUT2D eigenvalue weighted by Crippen LogP contribution is 2.30. The number of rotatable bonds is 1. The maximum atomic E-state index is 4.13. The molecule has 80 valence electrons. The molecule has 2 nitrogen and oxygen atoms in total. The topological polar surface area (TPSA) is 28.7 Å². The second-order valence-electron chi connectivity index (χ2n) is 4.28. The minimum atomic E-state index is 1.07. The van der Waals surface area contributed by atoms with Crippen LogP contribution in [0.3, 0.4) is 0 Å². The van der Waals surface area contributed by atoms with Gasteiger partial charge in [-0.3, -0.25) is 5.10 Å². The molecule has 0 spiro atoms. The summed E-state index contributed by atoms with van der Waals surface area (Å²) < 4.78 is 0. The average Bonchev–Trinajstić information content (AvgIpc) is 2.78. The minimum absolute atomic E-state index is 1.07. The number of H-pyrrole nitrogens is 1. The van der Waals surface area contributed by atoms with E-state index < -0.39 is 0 Å². The summed E-state index contributed by atoms with van der Waals surface area (Å²) in [6.45, 7) is 2.11. The first kappa shape index (κ1) is 9.40. The molecule has 0 bridgehead atoms. The van der Waals surface area contributed by atoms with Crippen LogP contribution in [-0.2, 0) is 6.42 Å². The second kappa shape index (κ2) is 3.63. The Morgan fingerprint density at radius 1 is 1.19 bits per heavy atom. The summed E-state index contributed by atoms with van der Waals surface area (Å²) >= 11 is 0. The van der Waals surface area contributed by atoms with Gasteiger partial charge in [0.2, 0.25) is 0 Å². The molecule has 0 atom stereocenters. The van der Waals surface area contributed by atoms with Crippen LogP contribution in [0, 0.1) is 6.92 Å². The first-order valence-electron chi connectivity index (χ1n) is 5.64. The highest BCUT2D eigenvalue weighted by molar-refractivity contribution is 5.81. The predicted octanol–water partition coefficient (Wildman–Crippen LogP) is 3.10. The van der Waals surface area contributed by atoms with E-state index >= 15 is 0 Å². The minimum Gasteiger partial charge on any atom is -0.282 e. The maximum absolute atomic E-state index is 4.13. The Morgan fingerprint density at radius 3 is 2.81 bits per heavy atom. The van der Waals surface area contributed by atoms with Crippen LogP contribution in [-0.4, -0.2) is 10.2 Å². The normalized spacial score (nSPS) is 14.4. The van der Waals surface area contributed by atoms with Gasteiger partial charge in [-0.2, -0.15) is 5.10 Å². The fourth-order valence-corrected chi connectivity index (χ4v) is 2.21. The van der Waals surface area contributed by atoms with E-state index in [-0.39, 0.29) is 0 Å². The zero-order valence-corrected chi connectivity index (χ0v) is 9.33. The summed E-state index contributed by atoms with van der Waals surface area (Å²) in [5.41, 5.74) is 6.42. The fourth-order valence-electron chi connectivity index (χ4n) is 2.21. The van der Waals surface area contributed by atoms with Gasteiger partial charge in [0.1, 0.15) is 0 Å². The Morgan fingerprint density at radius 2 is 2.00 bits per heavy atom. The van der Waals surface area contributed by atoms with Crippen molar-refractivity contribution in [3.63, 3.8) is 0 Å². The molecule has 1 aliphatic rings. The number of nitrogens with zero attached hydrogens (tertiary/aromatic N) is 1. The van der Waals surface area contributed by atoms with Crippen molar-refractivity contribution in [2.75, 3.05) is 0 Å². The molecule has 1 aromatic carbocycles. The zero-order chi connectivity index (χ0) is 11.0. The Labute approximate surface area is 95.0 Å². The van der Waals surface area contributed by atoms with Gasteiger partial charge in [-0.15, -0.1) is 0 Å². The standard InChI is InChI=1S/C14H14N2/c1-10-5-7-11(8-6-10)12-3-2-4-14-13(12)9-15-16-14/h3,5-9H,2,4H2,1H3,(H,15,16). The quantitative estimate of drug-likeness (QED) is 0.769. The molecule has 0 saturated carbocycles. The van der Waals surface area contributed by atoms with Gasteiger partial charge in [-0.1, -0.05) is 35.9 Å². The highest BCUT2D eigenvalue weighted by Gasteiger charge is 2.15. The van der Waals surface area contributed by atoms with Crippen LogP contribution in [0.25, 0.3) is 5.57 Å².